The molecule has 0 aromatic carbocycles. The molecule has 0 saturated carbocycles. The summed E-state index contributed by atoms with van der Waals surface area (Å²) in [6, 6.07) is 0. The average Bonchev–Trinajstić information content (AvgIpc) is 1.96. The number of nitrogens with two attached hydrogens (primary N) is 1. The standard InChI is InChI=1S/C9H18N2O.ClH/c1-4-5-6-8(9(10)12)7-11(2)3;/h7H,4-6H2,1-3H3,(H2,10,12);1H/b8-7+;. The van der Waals surface area contributed by atoms with Gasteiger partial charge in [0.1, 0.15) is 0 Å². The smallest absolute Gasteiger partial charge is 0.246 e. The van der Waals surface area contributed by atoms with Crippen LogP contribution < -0.4 is 5.73 Å². The summed E-state index contributed by atoms with van der Waals surface area (Å²) in [6.45, 7) is 2.09. The first kappa shape index (κ1) is 14.8. The van der Waals surface area contributed by atoms with Gasteiger partial charge in [0.25, 0.3) is 0 Å². The van der Waals surface area contributed by atoms with Gasteiger partial charge in [-0.1, -0.05) is 13.3 Å². The molecule has 4 heteroatoms. The van der Waals surface area contributed by atoms with Gasteiger partial charge in [-0.2, -0.15) is 0 Å². The predicted molar refractivity (Wildman–Crippen MR) is 57.7 cm³/mol. The second kappa shape index (κ2) is 7.92. The van der Waals surface area contributed by atoms with E-state index in [1.807, 2.05) is 19.0 Å². The molecule has 0 heterocycles. The molecule has 78 valence electrons. The normalized spacial score (nSPS) is 10.5. The van der Waals surface area contributed by atoms with Crippen molar-refractivity contribution in [2.24, 2.45) is 5.73 Å². The lowest BCUT2D eigenvalue weighted by Crippen LogP contribution is -2.17. The molecular formula is C9H19ClN2O. The van der Waals surface area contributed by atoms with Gasteiger partial charge in [-0.3, -0.25) is 4.79 Å². The fraction of sp³-hybridized carbons (Fsp3) is 0.667. The Balaban J connectivity index is 0. The van der Waals surface area contributed by atoms with E-state index in [0.29, 0.717) is 5.57 Å². The number of halogens is 1. The number of unbranched alkanes of at least 4 members (excludes halogenated alkanes) is 1. The Kier molecular flexibility index (Phi) is 9.02. The third kappa shape index (κ3) is 7.65. The second-order valence-corrected chi connectivity index (χ2v) is 3.09. The van der Waals surface area contributed by atoms with Gasteiger partial charge in [0.15, 0.2) is 0 Å². The highest BCUT2D eigenvalue weighted by molar-refractivity contribution is 5.91. The predicted octanol–water partition coefficient (Wildman–Crippen LogP) is 1.53. The first-order chi connectivity index (χ1) is 5.57. The highest BCUT2D eigenvalue weighted by Crippen LogP contribution is 2.06. The fourth-order valence-electron chi connectivity index (χ4n) is 0.930. The highest BCUT2D eigenvalue weighted by atomic mass is 35.5. The summed E-state index contributed by atoms with van der Waals surface area (Å²) < 4.78 is 0. The van der Waals surface area contributed by atoms with E-state index >= 15 is 0 Å². The van der Waals surface area contributed by atoms with Crippen molar-refractivity contribution in [3.63, 3.8) is 0 Å². The minimum atomic E-state index is -0.308. The van der Waals surface area contributed by atoms with E-state index in [1.54, 1.807) is 6.20 Å². The Labute approximate surface area is 86.4 Å². The van der Waals surface area contributed by atoms with Crippen molar-refractivity contribution in [1.29, 1.82) is 0 Å². The molecule has 0 unspecified atom stereocenters. The van der Waals surface area contributed by atoms with Crippen molar-refractivity contribution in [2.45, 2.75) is 26.2 Å². The quantitative estimate of drug-likeness (QED) is 0.694. The summed E-state index contributed by atoms with van der Waals surface area (Å²) >= 11 is 0. The van der Waals surface area contributed by atoms with Gasteiger partial charge >= 0.3 is 0 Å². The molecule has 0 atom stereocenters. The third-order valence-electron chi connectivity index (χ3n) is 1.53. The molecule has 0 spiro atoms. The van der Waals surface area contributed by atoms with Crippen LogP contribution in [0.4, 0.5) is 0 Å². The molecule has 1 amide bonds. The topological polar surface area (TPSA) is 46.3 Å². The van der Waals surface area contributed by atoms with Crippen LogP contribution in [-0.2, 0) is 4.79 Å². The molecule has 0 bridgehead atoms. The Bertz CT molecular complexity index is 178. The number of primary amides is 1. The van der Waals surface area contributed by atoms with Crippen LogP contribution in [0.3, 0.4) is 0 Å². The highest BCUT2D eigenvalue weighted by Gasteiger charge is 2.03. The van der Waals surface area contributed by atoms with E-state index in [9.17, 15) is 4.79 Å². The lowest BCUT2D eigenvalue weighted by molar-refractivity contribution is -0.114. The zero-order valence-corrected chi connectivity index (χ0v) is 9.36. The van der Waals surface area contributed by atoms with Gasteiger partial charge < -0.3 is 10.6 Å². The van der Waals surface area contributed by atoms with Crippen LogP contribution in [0.15, 0.2) is 11.8 Å². The van der Waals surface area contributed by atoms with Crippen LogP contribution in [0.2, 0.25) is 0 Å². The average molecular weight is 207 g/mol. The Morgan fingerprint density at radius 1 is 1.46 bits per heavy atom. The lowest BCUT2D eigenvalue weighted by Gasteiger charge is -2.08. The summed E-state index contributed by atoms with van der Waals surface area (Å²) in [4.78, 5) is 12.7. The summed E-state index contributed by atoms with van der Waals surface area (Å²) in [5, 5.41) is 0. The molecule has 0 rings (SSSR count). The maximum absolute atomic E-state index is 10.9. The first-order valence-electron chi connectivity index (χ1n) is 4.24. The van der Waals surface area contributed by atoms with E-state index in [2.05, 4.69) is 6.92 Å². The second-order valence-electron chi connectivity index (χ2n) is 3.09. The van der Waals surface area contributed by atoms with Gasteiger partial charge in [0, 0.05) is 25.9 Å². The van der Waals surface area contributed by atoms with E-state index in [0.717, 1.165) is 19.3 Å². The van der Waals surface area contributed by atoms with Crippen molar-refractivity contribution >= 4 is 18.3 Å². The first-order valence-corrected chi connectivity index (χ1v) is 4.24. The minimum absolute atomic E-state index is 0. The minimum Gasteiger partial charge on any atom is -0.383 e. The molecular weight excluding hydrogens is 188 g/mol. The van der Waals surface area contributed by atoms with Crippen LogP contribution >= 0.6 is 12.4 Å². The van der Waals surface area contributed by atoms with Crippen LogP contribution in [-0.4, -0.2) is 24.9 Å². The summed E-state index contributed by atoms with van der Waals surface area (Å²) in [6.07, 6.45) is 4.67. The van der Waals surface area contributed by atoms with Crippen molar-refractivity contribution in [2.75, 3.05) is 14.1 Å². The third-order valence-corrected chi connectivity index (χ3v) is 1.53. The maximum Gasteiger partial charge on any atom is 0.246 e. The van der Waals surface area contributed by atoms with Crippen LogP contribution in [0, 0.1) is 0 Å². The number of carbonyl (C=O) groups excluding carboxylic acids is 1. The monoisotopic (exact) mass is 206 g/mol. The summed E-state index contributed by atoms with van der Waals surface area (Å²) in [5.41, 5.74) is 5.90. The molecule has 0 aliphatic carbocycles. The van der Waals surface area contributed by atoms with Gasteiger partial charge in [0.05, 0.1) is 0 Å². The number of hydrogen-bond acceptors (Lipinski definition) is 2. The van der Waals surface area contributed by atoms with Gasteiger partial charge in [0.2, 0.25) is 5.91 Å². The number of amides is 1. The molecule has 0 aromatic rings. The number of rotatable bonds is 5. The molecule has 2 N–H and O–H groups in total. The van der Waals surface area contributed by atoms with E-state index < -0.39 is 0 Å². The Morgan fingerprint density at radius 3 is 2.31 bits per heavy atom. The van der Waals surface area contributed by atoms with E-state index in [4.69, 9.17) is 5.73 Å². The lowest BCUT2D eigenvalue weighted by atomic mass is 10.1. The van der Waals surface area contributed by atoms with Gasteiger partial charge in [-0.05, 0) is 12.8 Å². The van der Waals surface area contributed by atoms with Crippen molar-refractivity contribution < 1.29 is 4.79 Å². The number of nitrogens with zero attached hydrogens (tertiary/aromatic N) is 1. The SMILES string of the molecule is CCCC/C(=C\N(C)C)C(N)=O.Cl. The van der Waals surface area contributed by atoms with E-state index in [1.165, 1.54) is 0 Å². The molecule has 13 heavy (non-hydrogen) atoms. The zero-order valence-electron chi connectivity index (χ0n) is 8.54. The zero-order chi connectivity index (χ0) is 9.56. The molecule has 0 aromatic heterocycles. The summed E-state index contributed by atoms with van der Waals surface area (Å²) in [5.74, 6) is -0.308. The fourth-order valence-corrected chi connectivity index (χ4v) is 0.930. The molecule has 0 fully saturated rings. The summed E-state index contributed by atoms with van der Waals surface area (Å²) in [7, 11) is 3.77. The van der Waals surface area contributed by atoms with Crippen LogP contribution in [0.1, 0.15) is 26.2 Å². The Hall–Kier alpha value is -0.700. The van der Waals surface area contributed by atoms with E-state index in [-0.39, 0.29) is 18.3 Å². The molecule has 0 radical (unpaired) electrons. The number of hydrogen-bond donors (Lipinski definition) is 1. The molecule has 3 nitrogen and oxygen atoms in total. The maximum atomic E-state index is 10.9. The largest absolute Gasteiger partial charge is 0.383 e. The molecule has 0 aliphatic heterocycles. The van der Waals surface area contributed by atoms with Gasteiger partial charge in [-0.15, -0.1) is 12.4 Å². The van der Waals surface area contributed by atoms with Crippen molar-refractivity contribution in [1.82, 2.24) is 4.90 Å². The van der Waals surface area contributed by atoms with Crippen molar-refractivity contribution in [3.05, 3.63) is 11.8 Å². The molecule has 0 aliphatic rings. The number of carbonyl (C=O) groups is 1. The van der Waals surface area contributed by atoms with Crippen LogP contribution in [0.5, 0.6) is 0 Å². The van der Waals surface area contributed by atoms with Crippen molar-refractivity contribution in [3.8, 4) is 0 Å². The molecule has 0 saturated heterocycles. The van der Waals surface area contributed by atoms with Crippen LogP contribution in [0.25, 0.3) is 0 Å². The Morgan fingerprint density at radius 2 is 2.00 bits per heavy atom. The van der Waals surface area contributed by atoms with Gasteiger partial charge in [-0.25, -0.2) is 0 Å².